The molecule has 1 heterocycles. The van der Waals surface area contributed by atoms with E-state index in [-0.39, 0.29) is 0 Å². The topological polar surface area (TPSA) is 12.9 Å². The Morgan fingerprint density at radius 3 is 2.64 bits per heavy atom. The number of hydrogen-bond acceptors (Lipinski definition) is 2. The zero-order valence-electron chi connectivity index (χ0n) is 7.48. The zero-order chi connectivity index (χ0) is 8.27. The van der Waals surface area contributed by atoms with Crippen LogP contribution >= 0.6 is 11.3 Å². The molecule has 2 heteroatoms. The number of rotatable bonds is 3. The Morgan fingerprint density at radius 1 is 1.36 bits per heavy atom. The number of nitrogens with zero attached hydrogens (tertiary/aromatic N) is 1. The van der Waals surface area contributed by atoms with E-state index >= 15 is 0 Å². The van der Waals surface area contributed by atoms with Crippen molar-refractivity contribution in [3.63, 3.8) is 0 Å². The van der Waals surface area contributed by atoms with Crippen LogP contribution in [0.4, 0.5) is 0 Å². The second kappa shape index (κ2) is 3.86. The summed E-state index contributed by atoms with van der Waals surface area (Å²) in [5.41, 5.74) is 1.31. The highest BCUT2D eigenvalue weighted by Crippen LogP contribution is 2.19. The van der Waals surface area contributed by atoms with Crippen molar-refractivity contribution in [2.24, 2.45) is 0 Å². The Balaban J connectivity index is 2.83. The van der Waals surface area contributed by atoms with Crippen LogP contribution in [0, 0.1) is 6.92 Å². The first kappa shape index (κ1) is 8.72. The van der Waals surface area contributed by atoms with Gasteiger partial charge in [0.05, 0.1) is 10.7 Å². The van der Waals surface area contributed by atoms with Crippen LogP contribution in [-0.2, 0) is 12.8 Å². The fourth-order valence-corrected chi connectivity index (χ4v) is 2.34. The third kappa shape index (κ3) is 2.03. The van der Waals surface area contributed by atoms with Crippen LogP contribution < -0.4 is 0 Å². The molecule has 0 N–H and O–H groups in total. The summed E-state index contributed by atoms with van der Waals surface area (Å²) in [5, 5.41) is 1.21. The van der Waals surface area contributed by atoms with Crippen LogP contribution in [0.25, 0.3) is 0 Å². The van der Waals surface area contributed by atoms with E-state index in [9.17, 15) is 0 Å². The van der Waals surface area contributed by atoms with Crippen molar-refractivity contribution in [3.05, 3.63) is 15.6 Å². The van der Waals surface area contributed by atoms with Gasteiger partial charge < -0.3 is 0 Å². The van der Waals surface area contributed by atoms with Crippen molar-refractivity contribution in [3.8, 4) is 0 Å². The fraction of sp³-hybridized carbons (Fsp3) is 0.667. The molecule has 0 saturated heterocycles. The highest BCUT2D eigenvalue weighted by molar-refractivity contribution is 7.11. The smallest absolute Gasteiger partial charge is 0.0900 e. The average Bonchev–Trinajstić information content (AvgIpc) is 2.32. The molecule has 0 amide bonds. The molecule has 0 aromatic carbocycles. The predicted octanol–water partition coefficient (Wildman–Crippen LogP) is 2.97. The molecule has 1 aromatic rings. The van der Waals surface area contributed by atoms with E-state index in [4.69, 9.17) is 0 Å². The normalized spacial score (nSPS) is 10.5. The molecule has 0 spiro atoms. The first-order valence-electron chi connectivity index (χ1n) is 4.23. The molecule has 0 radical (unpaired) electrons. The van der Waals surface area contributed by atoms with Gasteiger partial charge >= 0.3 is 0 Å². The maximum absolute atomic E-state index is 4.47. The van der Waals surface area contributed by atoms with Crippen molar-refractivity contribution in [1.29, 1.82) is 0 Å². The maximum atomic E-state index is 4.47. The maximum Gasteiger partial charge on any atom is 0.0900 e. The molecule has 0 aliphatic carbocycles. The largest absolute Gasteiger partial charge is 0.246 e. The molecule has 11 heavy (non-hydrogen) atoms. The molecule has 0 bridgehead atoms. The van der Waals surface area contributed by atoms with Crippen molar-refractivity contribution in [2.45, 2.75) is 40.0 Å². The minimum Gasteiger partial charge on any atom is -0.246 e. The van der Waals surface area contributed by atoms with E-state index in [1.165, 1.54) is 28.4 Å². The predicted molar refractivity (Wildman–Crippen MR) is 50.2 cm³/mol. The van der Waals surface area contributed by atoms with Crippen LogP contribution in [0.1, 0.15) is 35.8 Å². The summed E-state index contributed by atoms with van der Waals surface area (Å²) in [6.45, 7) is 6.48. The van der Waals surface area contributed by atoms with Gasteiger partial charge in [-0.1, -0.05) is 20.3 Å². The van der Waals surface area contributed by atoms with Gasteiger partial charge in [0, 0.05) is 4.88 Å². The first-order chi connectivity index (χ1) is 5.27. The van der Waals surface area contributed by atoms with E-state index in [0.717, 1.165) is 6.42 Å². The van der Waals surface area contributed by atoms with Gasteiger partial charge in [-0.15, -0.1) is 11.3 Å². The van der Waals surface area contributed by atoms with Crippen LogP contribution in [0.15, 0.2) is 0 Å². The Labute approximate surface area is 72.5 Å². The van der Waals surface area contributed by atoms with Gasteiger partial charge in [0.2, 0.25) is 0 Å². The molecule has 0 unspecified atom stereocenters. The lowest BCUT2D eigenvalue weighted by Crippen LogP contribution is -1.87. The van der Waals surface area contributed by atoms with Gasteiger partial charge in [0.25, 0.3) is 0 Å². The lowest BCUT2D eigenvalue weighted by Gasteiger charge is -1.94. The zero-order valence-corrected chi connectivity index (χ0v) is 8.29. The Hall–Kier alpha value is -0.370. The SMILES string of the molecule is CCCc1sc(C)nc1CC. The van der Waals surface area contributed by atoms with Crippen molar-refractivity contribution in [2.75, 3.05) is 0 Å². The third-order valence-electron chi connectivity index (χ3n) is 1.70. The van der Waals surface area contributed by atoms with Gasteiger partial charge in [-0.05, 0) is 19.8 Å². The summed E-state index contributed by atoms with van der Waals surface area (Å²) in [7, 11) is 0. The van der Waals surface area contributed by atoms with E-state index in [2.05, 4.69) is 25.8 Å². The van der Waals surface area contributed by atoms with Gasteiger partial charge in [-0.25, -0.2) is 4.98 Å². The molecule has 0 saturated carbocycles. The molecule has 62 valence electrons. The summed E-state index contributed by atoms with van der Waals surface area (Å²) in [4.78, 5) is 5.96. The van der Waals surface area contributed by atoms with E-state index < -0.39 is 0 Å². The van der Waals surface area contributed by atoms with Crippen LogP contribution in [0.2, 0.25) is 0 Å². The monoisotopic (exact) mass is 169 g/mol. The van der Waals surface area contributed by atoms with Crippen molar-refractivity contribution in [1.82, 2.24) is 4.98 Å². The standard InChI is InChI=1S/C9H15NS/c1-4-6-9-8(5-2)10-7(3)11-9/h4-6H2,1-3H3. The summed E-state index contributed by atoms with van der Waals surface area (Å²) in [6, 6.07) is 0. The summed E-state index contributed by atoms with van der Waals surface area (Å²) in [5.74, 6) is 0. The van der Waals surface area contributed by atoms with Gasteiger partial charge in [0.15, 0.2) is 0 Å². The molecule has 1 aromatic heterocycles. The van der Waals surface area contributed by atoms with Crippen molar-refractivity contribution >= 4 is 11.3 Å². The van der Waals surface area contributed by atoms with Crippen molar-refractivity contribution < 1.29 is 0 Å². The molecule has 0 atom stereocenters. The molecule has 0 fully saturated rings. The molecule has 1 rings (SSSR count). The summed E-state index contributed by atoms with van der Waals surface area (Å²) >= 11 is 1.85. The molecular weight excluding hydrogens is 154 g/mol. The third-order valence-corrected chi connectivity index (χ3v) is 2.77. The number of thiazole rings is 1. The fourth-order valence-electron chi connectivity index (χ4n) is 1.21. The van der Waals surface area contributed by atoms with Crippen LogP contribution in [0.5, 0.6) is 0 Å². The Kier molecular flexibility index (Phi) is 3.06. The quantitative estimate of drug-likeness (QED) is 0.678. The minimum atomic E-state index is 1.08. The Morgan fingerprint density at radius 2 is 2.09 bits per heavy atom. The lowest BCUT2D eigenvalue weighted by molar-refractivity contribution is 0.903. The van der Waals surface area contributed by atoms with Gasteiger partial charge in [-0.3, -0.25) is 0 Å². The second-order valence-electron chi connectivity index (χ2n) is 2.71. The number of hydrogen-bond donors (Lipinski definition) is 0. The van der Waals surface area contributed by atoms with E-state index in [0.29, 0.717) is 0 Å². The average molecular weight is 169 g/mol. The van der Waals surface area contributed by atoms with Gasteiger partial charge in [0.1, 0.15) is 0 Å². The highest BCUT2D eigenvalue weighted by Gasteiger charge is 2.04. The highest BCUT2D eigenvalue weighted by atomic mass is 32.1. The molecule has 0 aliphatic heterocycles. The Bertz CT molecular complexity index is 227. The second-order valence-corrected chi connectivity index (χ2v) is 3.99. The van der Waals surface area contributed by atoms with E-state index in [1.807, 2.05) is 11.3 Å². The molecular formula is C9H15NS. The molecule has 1 nitrogen and oxygen atoms in total. The summed E-state index contributed by atoms with van der Waals surface area (Å²) < 4.78 is 0. The van der Waals surface area contributed by atoms with Gasteiger partial charge in [-0.2, -0.15) is 0 Å². The molecule has 0 aliphatic rings. The number of aryl methyl sites for hydroxylation is 3. The summed E-state index contributed by atoms with van der Waals surface area (Å²) in [6.07, 6.45) is 3.52. The van der Waals surface area contributed by atoms with Crippen LogP contribution in [-0.4, -0.2) is 4.98 Å². The van der Waals surface area contributed by atoms with Crippen LogP contribution in [0.3, 0.4) is 0 Å². The van der Waals surface area contributed by atoms with E-state index in [1.54, 1.807) is 0 Å². The number of aromatic nitrogens is 1. The first-order valence-corrected chi connectivity index (χ1v) is 5.04. The minimum absolute atomic E-state index is 1.08. The lowest BCUT2D eigenvalue weighted by atomic mass is 10.2.